The van der Waals surface area contributed by atoms with Crippen molar-refractivity contribution in [3.63, 3.8) is 0 Å². The topological polar surface area (TPSA) is 39.2 Å². The first-order valence-electron chi connectivity index (χ1n) is 10.1. The monoisotopic (exact) mass is 369 g/mol. The molecule has 3 nitrogen and oxygen atoms in total. The van der Waals surface area contributed by atoms with Gasteiger partial charge in [-0.1, -0.05) is 0 Å². The Hall–Kier alpha value is -1.97. The minimum atomic E-state index is -0.414. The van der Waals surface area contributed by atoms with Crippen LogP contribution in [-0.2, 0) is 9.53 Å². The van der Waals surface area contributed by atoms with Crippen molar-refractivity contribution in [2.24, 2.45) is 23.2 Å². The van der Waals surface area contributed by atoms with Crippen LogP contribution >= 0.6 is 0 Å². The second-order valence-electron chi connectivity index (χ2n) is 8.86. The zero-order valence-corrected chi connectivity index (χ0v) is 16.4. The summed E-state index contributed by atoms with van der Waals surface area (Å²) < 4.78 is 19.1. The van der Waals surface area contributed by atoms with Gasteiger partial charge in [-0.15, -0.1) is 0 Å². The summed E-state index contributed by atoms with van der Waals surface area (Å²) in [7, 11) is 0. The van der Waals surface area contributed by atoms with Crippen LogP contribution in [0, 0.1) is 29.0 Å². The number of benzene rings is 1. The number of esters is 1. The van der Waals surface area contributed by atoms with Gasteiger partial charge >= 0.3 is 5.97 Å². The number of hydrogen-bond acceptors (Lipinski definition) is 3. The Bertz CT molecular complexity index is 849. The minimum absolute atomic E-state index is 0.0675. The highest BCUT2D eigenvalue weighted by molar-refractivity contribution is 5.82. The first-order valence-corrected chi connectivity index (χ1v) is 10.1. The molecule has 0 radical (unpaired) electrons. The first-order chi connectivity index (χ1) is 12.9. The van der Waals surface area contributed by atoms with E-state index in [9.17, 15) is 9.18 Å². The van der Waals surface area contributed by atoms with Crippen LogP contribution in [0.4, 0.5) is 4.39 Å². The van der Waals surface area contributed by atoms with Gasteiger partial charge in [0.15, 0.2) is 0 Å². The summed E-state index contributed by atoms with van der Waals surface area (Å²) in [6, 6.07) is 6.93. The maximum atomic E-state index is 13.8. The Balaban J connectivity index is 1.51. The van der Waals surface area contributed by atoms with Crippen molar-refractivity contribution >= 4 is 16.9 Å². The third kappa shape index (κ3) is 3.24. The number of hydrogen-bond donors (Lipinski definition) is 0. The molecule has 2 aliphatic rings. The molecule has 2 fully saturated rings. The summed E-state index contributed by atoms with van der Waals surface area (Å²) >= 11 is 0. The molecule has 2 aromatic rings. The normalized spacial score (nSPS) is 27.7. The van der Waals surface area contributed by atoms with E-state index in [4.69, 9.17) is 4.74 Å². The van der Waals surface area contributed by atoms with Gasteiger partial charge in [-0.05, 0) is 100.0 Å². The van der Waals surface area contributed by atoms with Gasteiger partial charge in [0.1, 0.15) is 5.82 Å². The molecule has 0 N–H and O–H groups in total. The number of nitrogens with zero attached hydrogens (tertiary/aromatic N) is 1. The average Bonchev–Trinajstić information content (AvgIpc) is 3.20. The predicted octanol–water partition coefficient (Wildman–Crippen LogP) is 5.48. The molecule has 0 aliphatic heterocycles. The van der Waals surface area contributed by atoms with Gasteiger partial charge in [0.25, 0.3) is 0 Å². The Labute approximate surface area is 160 Å². The van der Waals surface area contributed by atoms with Crippen LogP contribution in [0.3, 0.4) is 0 Å². The third-order valence-corrected chi connectivity index (χ3v) is 7.02. The number of carbonyl (C=O) groups is 1. The number of pyridine rings is 1. The van der Waals surface area contributed by atoms with Crippen LogP contribution in [0.5, 0.6) is 0 Å². The molecule has 0 amide bonds. The molecule has 2 aliphatic carbocycles. The fourth-order valence-electron chi connectivity index (χ4n) is 5.44. The van der Waals surface area contributed by atoms with E-state index in [-0.39, 0.29) is 11.8 Å². The smallest absolute Gasteiger partial charge is 0.311 e. The lowest BCUT2D eigenvalue weighted by Gasteiger charge is -2.30. The molecule has 4 heteroatoms. The van der Waals surface area contributed by atoms with Gasteiger partial charge < -0.3 is 4.74 Å². The largest absolute Gasteiger partial charge is 0.466 e. The number of aromatic nitrogens is 1. The van der Waals surface area contributed by atoms with Crippen LogP contribution < -0.4 is 0 Å². The molecule has 4 rings (SSSR count). The van der Waals surface area contributed by atoms with Crippen molar-refractivity contribution in [3.8, 4) is 0 Å². The van der Waals surface area contributed by atoms with E-state index >= 15 is 0 Å². The number of ether oxygens (including phenoxy) is 1. The van der Waals surface area contributed by atoms with Crippen molar-refractivity contribution in [1.82, 2.24) is 4.98 Å². The third-order valence-electron chi connectivity index (χ3n) is 7.02. The molecule has 0 bridgehead atoms. The van der Waals surface area contributed by atoms with Crippen LogP contribution in [0.2, 0.25) is 0 Å². The molecule has 1 heterocycles. The Morgan fingerprint density at radius 2 is 1.89 bits per heavy atom. The zero-order valence-electron chi connectivity index (χ0n) is 16.4. The summed E-state index contributed by atoms with van der Waals surface area (Å²) in [5.74, 6) is 1.86. The number of rotatable bonds is 4. The Morgan fingerprint density at radius 3 is 2.56 bits per heavy atom. The lowest BCUT2D eigenvalue weighted by molar-refractivity contribution is -0.156. The van der Waals surface area contributed by atoms with Crippen LogP contribution in [0.25, 0.3) is 10.9 Å². The van der Waals surface area contributed by atoms with E-state index in [0.29, 0.717) is 30.3 Å². The SMILES string of the molecule is CCOC(=O)C(C)(C)[C@H]1CC2C[C@@H](c3ccnc4ccc(F)cc34)C[C@@H]2C1. The van der Waals surface area contributed by atoms with E-state index in [2.05, 4.69) is 11.1 Å². The van der Waals surface area contributed by atoms with Gasteiger partial charge in [-0.2, -0.15) is 0 Å². The lowest BCUT2D eigenvalue weighted by atomic mass is 9.76. The molecule has 27 heavy (non-hydrogen) atoms. The van der Waals surface area contributed by atoms with E-state index in [1.165, 1.54) is 11.6 Å². The molecule has 1 unspecified atom stereocenters. The Kier molecular flexibility index (Phi) is 4.69. The Morgan fingerprint density at radius 1 is 1.19 bits per heavy atom. The van der Waals surface area contributed by atoms with E-state index in [1.807, 2.05) is 27.0 Å². The highest BCUT2D eigenvalue weighted by Crippen LogP contribution is 2.56. The summed E-state index contributed by atoms with van der Waals surface area (Å²) in [5.41, 5.74) is 1.69. The zero-order chi connectivity index (χ0) is 19.2. The lowest BCUT2D eigenvalue weighted by Crippen LogP contribution is -2.34. The molecular weight excluding hydrogens is 341 g/mol. The maximum absolute atomic E-state index is 13.8. The van der Waals surface area contributed by atoms with Gasteiger partial charge in [-0.3, -0.25) is 9.78 Å². The molecule has 144 valence electrons. The van der Waals surface area contributed by atoms with Crippen molar-refractivity contribution in [2.75, 3.05) is 6.61 Å². The minimum Gasteiger partial charge on any atom is -0.466 e. The number of carbonyl (C=O) groups excluding carboxylic acids is 1. The summed E-state index contributed by atoms with van der Waals surface area (Å²) in [4.78, 5) is 16.8. The molecule has 1 aromatic heterocycles. The number of halogens is 1. The molecule has 0 saturated heterocycles. The van der Waals surface area contributed by atoms with Gasteiger partial charge in [-0.25, -0.2) is 4.39 Å². The molecule has 4 atom stereocenters. The van der Waals surface area contributed by atoms with Gasteiger partial charge in [0, 0.05) is 11.6 Å². The quantitative estimate of drug-likeness (QED) is 0.670. The average molecular weight is 369 g/mol. The molecule has 0 spiro atoms. The predicted molar refractivity (Wildman–Crippen MR) is 104 cm³/mol. The van der Waals surface area contributed by atoms with Crippen LogP contribution in [-0.4, -0.2) is 17.6 Å². The van der Waals surface area contributed by atoms with Gasteiger partial charge in [0.05, 0.1) is 17.5 Å². The number of fused-ring (bicyclic) bond motifs is 2. The summed E-state index contributed by atoms with van der Waals surface area (Å²) in [6.07, 6.45) is 6.26. The van der Waals surface area contributed by atoms with Crippen molar-refractivity contribution in [1.29, 1.82) is 0 Å². The van der Waals surface area contributed by atoms with Crippen LogP contribution in [0.15, 0.2) is 30.5 Å². The first kappa shape index (κ1) is 18.4. The van der Waals surface area contributed by atoms with Crippen molar-refractivity contribution in [3.05, 3.63) is 41.8 Å². The molecular formula is C23H28FNO2. The second kappa shape index (κ2) is 6.88. The fourth-order valence-corrected chi connectivity index (χ4v) is 5.44. The fraction of sp³-hybridized carbons (Fsp3) is 0.565. The second-order valence-corrected chi connectivity index (χ2v) is 8.86. The summed E-state index contributed by atoms with van der Waals surface area (Å²) in [5, 5.41) is 0.950. The molecule has 1 aromatic carbocycles. The van der Waals surface area contributed by atoms with Crippen LogP contribution in [0.1, 0.15) is 57.9 Å². The van der Waals surface area contributed by atoms with E-state index in [1.54, 1.807) is 12.1 Å². The van der Waals surface area contributed by atoms with E-state index < -0.39 is 5.41 Å². The van der Waals surface area contributed by atoms with E-state index in [0.717, 1.165) is 36.6 Å². The highest BCUT2D eigenvalue weighted by Gasteiger charge is 2.49. The molecule has 2 saturated carbocycles. The van der Waals surface area contributed by atoms with Crippen molar-refractivity contribution in [2.45, 2.75) is 52.4 Å². The van der Waals surface area contributed by atoms with Crippen molar-refractivity contribution < 1.29 is 13.9 Å². The maximum Gasteiger partial charge on any atom is 0.311 e. The highest BCUT2D eigenvalue weighted by atomic mass is 19.1. The standard InChI is InChI=1S/C23H28FNO2/c1-4-27-22(26)23(2,3)17-11-14-9-16(10-15(14)12-17)19-7-8-25-21-6-5-18(24)13-20(19)21/h5-8,13-17H,4,9-12H2,1-3H3/t14-,15?,16+,17-/m1/s1. The summed E-state index contributed by atoms with van der Waals surface area (Å²) in [6.45, 7) is 6.38. The van der Waals surface area contributed by atoms with Gasteiger partial charge in [0.2, 0.25) is 0 Å².